The highest BCUT2D eigenvalue weighted by atomic mass is 32.1. The summed E-state index contributed by atoms with van der Waals surface area (Å²) >= 11 is 5.33. The molecule has 4 rings (SSSR count). The number of anilines is 1. The summed E-state index contributed by atoms with van der Waals surface area (Å²) in [6.45, 7) is 3.99. The first kappa shape index (κ1) is 19.8. The topological polar surface area (TPSA) is 67.2 Å². The van der Waals surface area contributed by atoms with Crippen LogP contribution < -0.4 is 10.6 Å². The number of oxazole rings is 1. The Hall–Kier alpha value is -3.51. The Morgan fingerprint density at radius 1 is 1.03 bits per heavy atom. The molecule has 0 bridgehead atoms. The second-order valence-corrected chi connectivity index (χ2v) is 7.59. The van der Waals surface area contributed by atoms with Gasteiger partial charge in [0.05, 0.1) is 6.42 Å². The fourth-order valence-corrected chi connectivity index (χ4v) is 3.38. The zero-order valence-electron chi connectivity index (χ0n) is 16.7. The SMILES string of the molecule is Cc1ccc2oc(-c3ccc(C)c(NC(=S)NC(=O)Cc4ccccc4)c3)nc2c1. The third-order valence-electron chi connectivity index (χ3n) is 4.74. The van der Waals surface area contributed by atoms with Crippen molar-refractivity contribution >= 4 is 40.0 Å². The Kier molecular flexibility index (Phi) is 5.59. The van der Waals surface area contributed by atoms with Crippen LogP contribution in [0.25, 0.3) is 22.6 Å². The molecule has 0 aliphatic rings. The van der Waals surface area contributed by atoms with Gasteiger partial charge in [0.15, 0.2) is 10.7 Å². The minimum atomic E-state index is -0.165. The highest BCUT2D eigenvalue weighted by Crippen LogP contribution is 2.28. The Labute approximate surface area is 180 Å². The summed E-state index contributed by atoms with van der Waals surface area (Å²) in [5.74, 6) is 0.375. The van der Waals surface area contributed by atoms with E-state index in [1.165, 1.54) is 0 Å². The Balaban J connectivity index is 1.48. The lowest BCUT2D eigenvalue weighted by Crippen LogP contribution is -2.35. The van der Waals surface area contributed by atoms with Crippen molar-refractivity contribution in [3.05, 3.63) is 83.4 Å². The van der Waals surface area contributed by atoms with Crippen molar-refractivity contribution in [2.24, 2.45) is 0 Å². The quantitative estimate of drug-likeness (QED) is 0.450. The minimum Gasteiger partial charge on any atom is -0.436 e. The van der Waals surface area contributed by atoms with Gasteiger partial charge >= 0.3 is 0 Å². The van der Waals surface area contributed by atoms with Crippen LogP contribution in [0.2, 0.25) is 0 Å². The molecule has 4 aromatic rings. The number of carbonyl (C=O) groups is 1. The summed E-state index contributed by atoms with van der Waals surface area (Å²) in [5.41, 5.74) is 6.24. The number of hydrogen-bond acceptors (Lipinski definition) is 4. The Bertz CT molecular complexity index is 1230. The summed E-state index contributed by atoms with van der Waals surface area (Å²) in [5, 5.41) is 6.10. The molecule has 1 amide bonds. The number of thiocarbonyl (C=S) groups is 1. The number of benzene rings is 3. The Morgan fingerprint density at radius 3 is 2.63 bits per heavy atom. The van der Waals surface area contributed by atoms with Crippen molar-refractivity contribution in [3.8, 4) is 11.5 Å². The van der Waals surface area contributed by atoms with Crippen LogP contribution in [0.3, 0.4) is 0 Å². The van der Waals surface area contributed by atoms with Gasteiger partial charge in [-0.25, -0.2) is 4.98 Å². The normalized spacial score (nSPS) is 10.7. The molecule has 1 aromatic heterocycles. The lowest BCUT2D eigenvalue weighted by atomic mass is 10.1. The van der Waals surface area contributed by atoms with E-state index in [2.05, 4.69) is 15.6 Å². The van der Waals surface area contributed by atoms with E-state index in [0.29, 0.717) is 5.89 Å². The number of aryl methyl sites for hydroxylation is 2. The maximum Gasteiger partial charge on any atom is 0.230 e. The molecule has 2 N–H and O–H groups in total. The van der Waals surface area contributed by atoms with Gasteiger partial charge in [-0.15, -0.1) is 0 Å². The molecule has 5 nitrogen and oxygen atoms in total. The van der Waals surface area contributed by atoms with Crippen LogP contribution >= 0.6 is 12.2 Å². The molecule has 0 unspecified atom stereocenters. The smallest absolute Gasteiger partial charge is 0.230 e. The zero-order chi connectivity index (χ0) is 21.1. The molecule has 0 spiro atoms. The van der Waals surface area contributed by atoms with Crippen LogP contribution in [0.15, 0.2) is 71.1 Å². The van der Waals surface area contributed by atoms with Crippen molar-refractivity contribution in [3.63, 3.8) is 0 Å². The standard InChI is InChI=1S/C24H21N3O2S/c1-15-8-11-21-20(12-15)25-23(29-21)18-10-9-16(2)19(14-18)26-24(30)27-22(28)13-17-6-4-3-5-7-17/h3-12,14H,13H2,1-2H3,(H2,26,27,28,30). The van der Waals surface area contributed by atoms with E-state index in [-0.39, 0.29) is 17.4 Å². The second-order valence-electron chi connectivity index (χ2n) is 7.18. The van der Waals surface area contributed by atoms with Gasteiger partial charge in [-0.1, -0.05) is 42.5 Å². The van der Waals surface area contributed by atoms with Crippen molar-refractivity contribution in [2.75, 3.05) is 5.32 Å². The second kappa shape index (κ2) is 8.47. The van der Waals surface area contributed by atoms with E-state index in [1.54, 1.807) is 0 Å². The van der Waals surface area contributed by atoms with Crippen molar-refractivity contribution < 1.29 is 9.21 Å². The molecule has 150 valence electrons. The number of carbonyl (C=O) groups excluding carboxylic acids is 1. The zero-order valence-corrected chi connectivity index (χ0v) is 17.5. The van der Waals surface area contributed by atoms with Gasteiger partial charge < -0.3 is 15.1 Å². The van der Waals surface area contributed by atoms with Gasteiger partial charge in [-0.05, 0) is 67.0 Å². The Morgan fingerprint density at radius 2 is 1.83 bits per heavy atom. The molecular formula is C24H21N3O2S. The monoisotopic (exact) mass is 415 g/mol. The number of rotatable bonds is 4. The number of nitrogens with one attached hydrogen (secondary N) is 2. The van der Waals surface area contributed by atoms with Crippen LogP contribution in [0.1, 0.15) is 16.7 Å². The largest absolute Gasteiger partial charge is 0.436 e. The van der Waals surface area contributed by atoms with Gasteiger partial charge in [0.1, 0.15) is 5.52 Å². The third-order valence-corrected chi connectivity index (χ3v) is 4.94. The molecular weight excluding hydrogens is 394 g/mol. The number of aromatic nitrogens is 1. The van der Waals surface area contributed by atoms with Crippen LogP contribution in [0, 0.1) is 13.8 Å². The molecule has 0 saturated carbocycles. The fraction of sp³-hybridized carbons (Fsp3) is 0.125. The minimum absolute atomic E-state index is 0.165. The predicted molar refractivity (Wildman–Crippen MR) is 123 cm³/mol. The van der Waals surface area contributed by atoms with Crippen LogP contribution in [0.4, 0.5) is 5.69 Å². The average molecular weight is 416 g/mol. The highest BCUT2D eigenvalue weighted by molar-refractivity contribution is 7.80. The molecule has 6 heteroatoms. The summed E-state index contributed by atoms with van der Waals surface area (Å²) in [4.78, 5) is 16.8. The van der Waals surface area contributed by atoms with E-state index in [0.717, 1.165) is 39.0 Å². The maximum atomic E-state index is 12.2. The van der Waals surface area contributed by atoms with Crippen LogP contribution in [0.5, 0.6) is 0 Å². The summed E-state index contributed by atoms with van der Waals surface area (Å²) in [7, 11) is 0. The van der Waals surface area contributed by atoms with Crippen LogP contribution in [-0.2, 0) is 11.2 Å². The van der Waals surface area contributed by atoms with Crippen molar-refractivity contribution in [1.82, 2.24) is 10.3 Å². The fourth-order valence-electron chi connectivity index (χ4n) is 3.16. The first-order chi connectivity index (χ1) is 14.5. The number of nitrogens with zero attached hydrogens (tertiary/aromatic N) is 1. The van der Waals surface area contributed by atoms with E-state index < -0.39 is 0 Å². The molecule has 0 aliphatic carbocycles. The summed E-state index contributed by atoms with van der Waals surface area (Å²) in [6, 6.07) is 21.3. The molecule has 30 heavy (non-hydrogen) atoms. The summed E-state index contributed by atoms with van der Waals surface area (Å²) < 4.78 is 5.90. The summed E-state index contributed by atoms with van der Waals surface area (Å²) in [6.07, 6.45) is 0.268. The predicted octanol–water partition coefficient (Wildman–Crippen LogP) is 5.17. The van der Waals surface area contributed by atoms with Gasteiger partial charge in [0.25, 0.3) is 0 Å². The van der Waals surface area contributed by atoms with E-state index in [1.807, 2.05) is 80.6 Å². The molecule has 1 heterocycles. The van der Waals surface area contributed by atoms with E-state index >= 15 is 0 Å². The van der Waals surface area contributed by atoms with Gasteiger partial charge in [0.2, 0.25) is 11.8 Å². The van der Waals surface area contributed by atoms with Crippen LogP contribution in [-0.4, -0.2) is 16.0 Å². The molecule has 0 saturated heterocycles. The number of hydrogen-bond donors (Lipinski definition) is 2. The number of amides is 1. The molecule has 0 atom stereocenters. The highest BCUT2D eigenvalue weighted by Gasteiger charge is 2.12. The van der Waals surface area contributed by atoms with Gasteiger partial charge in [0, 0.05) is 11.3 Å². The molecule has 0 aliphatic heterocycles. The number of fused-ring (bicyclic) bond motifs is 1. The lowest BCUT2D eigenvalue weighted by Gasteiger charge is -2.12. The molecule has 0 radical (unpaired) electrons. The first-order valence-corrected chi connectivity index (χ1v) is 10.0. The van der Waals surface area contributed by atoms with E-state index in [9.17, 15) is 4.79 Å². The first-order valence-electron chi connectivity index (χ1n) is 9.61. The maximum absolute atomic E-state index is 12.2. The van der Waals surface area contributed by atoms with Gasteiger partial charge in [-0.3, -0.25) is 4.79 Å². The van der Waals surface area contributed by atoms with E-state index in [4.69, 9.17) is 16.6 Å². The van der Waals surface area contributed by atoms with Gasteiger partial charge in [-0.2, -0.15) is 0 Å². The third kappa shape index (κ3) is 4.55. The average Bonchev–Trinajstić information content (AvgIpc) is 3.13. The molecule has 3 aromatic carbocycles. The lowest BCUT2D eigenvalue weighted by molar-refractivity contribution is -0.119. The van der Waals surface area contributed by atoms with Crippen molar-refractivity contribution in [1.29, 1.82) is 0 Å². The van der Waals surface area contributed by atoms with Crippen molar-refractivity contribution in [2.45, 2.75) is 20.3 Å². The molecule has 0 fully saturated rings.